The van der Waals surface area contributed by atoms with Crippen LogP contribution in [0.25, 0.3) is 0 Å². The summed E-state index contributed by atoms with van der Waals surface area (Å²) in [5, 5.41) is 0.0566. The van der Waals surface area contributed by atoms with Crippen molar-refractivity contribution in [1.82, 2.24) is 0 Å². The lowest BCUT2D eigenvalue weighted by Crippen LogP contribution is -2.01. The quantitative estimate of drug-likeness (QED) is 0.591. The number of Topliss-reactive ketones (excluding diaryl/α,β-unsaturated/α-hetero) is 1. The number of alkyl halides is 3. The van der Waals surface area contributed by atoms with Crippen molar-refractivity contribution in [3.63, 3.8) is 0 Å². The number of hydrogen-bond acceptors (Lipinski definition) is 2. The Hall–Kier alpha value is -0.680. The summed E-state index contributed by atoms with van der Waals surface area (Å²) in [6.07, 6.45) is 0.269. The van der Waals surface area contributed by atoms with Crippen LogP contribution >= 0.6 is 23.4 Å². The molecule has 6 heteroatoms. The fourth-order valence-corrected chi connectivity index (χ4v) is 2.04. The van der Waals surface area contributed by atoms with Crippen molar-refractivity contribution in [2.24, 2.45) is 0 Å². The van der Waals surface area contributed by atoms with E-state index in [9.17, 15) is 18.0 Å². The molecule has 16 heavy (non-hydrogen) atoms. The first-order valence-electron chi connectivity index (χ1n) is 4.42. The van der Waals surface area contributed by atoms with Gasteiger partial charge in [-0.3, -0.25) is 4.79 Å². The molecule has 0 spiro atoms. The smallest absolute Gasteiger partial charge is 0.294 e. The molecular formula is C10H8ClF3OS. The van der Waals surface area contributed by atoms with Gasteiger partial charge in [-0.25, -0.2) is 0 Å². The predicted molar refractivity (Wildman–Crippen MR) is 58.0 cm³/mol. The Morgan fingerprint density at radius 3 is 2.50 bits per heavy atom. The molecule has 0 aliphatic carbocycles. The second-order valence-electron chi connectivity index (χ2n) is 2.97. The Bertz CT molecular complexity index is 404. The molecule has 0 aliphatic heterocycles. The second-order valence-corrected chi connectivity index (χ2v) is 4.51. The van der Waals surface area contributed by atoms with Gasteiger partial charge in [0.2, 0.25) is 0 Å². The van der Waals surface area contributed by atoms with Gasteiger partial charge >= 0.3 is 5.51 Å². The molecule has 0 fully saturated rings. The zero-order valence-electron chi connectivity index (χ0n) is 8.27. The third-order valence-electron chi connectivity index (χ3n) is 1.80. The molecule has 0 radical (unpaired) electrons. The minimum Gasteiger partial charge on any atom is -0.294 e. The number of halogens is 4. The van der Waals surface area contributed by atoms with Crippen LogP contribution < -0.4 is 0 Å². The van der Waals surface area contributed by atoms with Gasteiger partial charge in [-0.15, -0.1) is 0 Å². The molecule has 0 aliphatic rings. The lowest BCUT2D eigenvalue weighted by molar-refractivity contribution is -0.0328. The fraction of sp³-hybridized carbons (Fsp3) is 0.300. The normalized spacial score (nSPS) is 11.6. The van der Waals surface area contributed by atoms with E-state index < -0.39 is 5.51 Å². The van der Waals surface area contributed by atoms with Gasteiger partial charge < -0.3 is 0 Å². The van der Waals surface area contributed by atoms with E-state index in [1.807, 2.05) is 0 Å². The van der Waals surface area contributed by atoms with Crippen molar-refractivity contribution in [1.29, 1.82) is 0 Å². The fourth-order valence-electron chi connectivity index (χ4n) is 1.11. The van der Waals surface area contributed by atoms with Gasteiger partial charge in [0.25, 0.3) is 0 Å². The highest BCUT2D eigenvalue weighted by atomic mass is 35.5. The molecule has 1 nitrogen and oxygen atoms in total. The van der Waals surface area contributed by atoms with Crippen LogP contribution in [0.4, 0.5) is 13.2 Å². The summed E-state index contributed by atoms with van der Waals surface area (Å²) < 4.78 is 36.2. The van der Waals surface area contributed by atoms with Crippen LogP contribution in [-0.2, 0) is 0 Å². The van der Waals surface area contributed by atoms with Crippen LogP contribution in [0.2, 0.25) is 5.02 Å². The topological polar surface area (TPSA) is 17.1 Å². The summed E-state index contributed by atoms with van der Waals surface area (Å²) in [6, 6.07) is 3.72. The molecule has 1 aromatic carbocycles. The maximum Gasteiger partial charge on any atom is 0.446 e. The molecule has 0 saturated carbocycles. The minimum atomic E-state index is -4.35. The van der Waals surface area contributed by atoms with E-state index in [0.29, 0.717) is 0 Å². The van der Waals surface area contributed by atoms with Crippen LogP contribution in [-0.4, -0.2) is 11.3 Å². The molecule has 0 heterocycles. The number of hydrogen-bond donors (Lipinski definition) is 0. The van der Waals surface area contributed by atoms with Crippen molar-refractivity contribution >= 4 is 29.1 Å². The molecule has 0 N–H and O–H groups in total. The van der Waals surface area contributed by atoms with Gasteiger partial charge in [-0.2, -0.15) is 13.2 Å². The third-order valence-corrected chi connectivity index (χ3v) is 2.83. The van der Waals surface area contributed by atoms with Crippen LogP contribution in [0.3, 0.4) is 0 Å². The molecule has 0 atom stereocenters. The summed E-state index contributed by atoms with van der Waals surface area (Å²) >= 11 is 5.48. The van der Waals surface area contributed by atoms with E-state index in [2.05, 4.69) is 0 Å². The molecule has 1 aromatic rings. The Balaban J connectivity index is 2.96. The summed E-state index contributed by atoms with van der Waals surface area (Å²) in [6.45, 7) is 1.66. The summed E-state index contributed by atoms with van der Waals surface area (Å²) in [5.41, 5.74) is -4.09. The zero-order valence-corrected chi connectivity index (χ0v) is 9.84. The zero-order chi connectivity index (χ0) is 12.3. The summed E-state index contributed by atoms with van der Waals surface area (Å²) in [5.74, 6) is -0.187. The standard InChI is InChI=1S/C10H8ClF3OS/c1-2-9(15)7-4-3-6(5-8(7)11)16-10(12,13)14/h3-5H,2H2,1H3. The van der Waals surface area contributed by atoms with Crippen molar-refractivity contribution < 1.29 is 18.0 Å². The first-order chi connectivity index (χ1) is 7.33. The molecule has 0 aromatic heterocycles. The monoisotopic (exact) mass is 268 g/mol. The van der Waals surface area contributed by atoms with Crippen LogP contribution in [0.15, 0.2) is 23.1 Å². The lowest BCUT2D eigenvalue weighted by atomic mass is 10.1. The number of ketones is 1. The Labute approximate surface area is 100.0 Å². The molecular weight excluding hydrogens is 261 g/mol. The highest BCUT2D eigenvalue weighted by Gasteiger charge is 2.29. The summed E-state index contributed by atoms with van der Waals surface area (Å²) in [7, 11) is 0. The lowest BCUT2D eigenvalue weighted by Gasteiger charge is -2.07. The van der Waals surface area contributed by atoms with Crippen molar-refractivity contribution in [3.05, 3.63) is 28.8 Å². The van der Waals surface area contributed by atoms with Crippen molar-refractivity contribution in [3.8, 4) is 0 Å². The van der Waals surface area contributed by atoms with E-state index in [4.69, 9.17) is 11.6 Å². The number of carbonyl (C=O) groups excluding carboxylic acids is 1. The van der Waals surface area contributed by atoms with Gasteiger partial charge in [-0.05, 0) is 30.0 Å². The van der Waals surface area contributed by atoms with Gasteiger partial charge in [0.15, 0.2) is 5.78 Å². The van der Waals surface area contributed by atoms with E-state index in [-0.39, 0.29) is 39.4 Å². The van der Waals surface area contributed by atoms with E-state index in [1.165, 1.54) is 12.1 Å². The number of rotatable bonds is 3. The number of thioether (sulfide) groups is 1. The van der Waals surface area contributed by atoms with Gasteiger partial charge in [0.1, 0.15) is 0 Å². The molecule has 0 unspecified atom stereocenters. The number of benzene rings is 1. The average Bonchev–Trinajstić information content (AvgIpc) is 2.14. The largest absolute Gasteiger partial charge is 0.446 e. The Morgan fingerprint density at radius 1 is 1.44 bits per heavy atom. The maximum atomic E-state index is 12.1. The third kappa shape index (κ3) is 3.72. The Kier molecular flexibility index (Phi) is 4.27. The highest BCUT2D eigenvalue weighted by Crippen LogP contribution is 2.38. The first-order valence-corrected chi connectivity index (χ1v) is 5.61. The predicted octanol–water partition coefficient (Wildman–Crippen LogP) is 4.54. The van der Waals surface area contributed by atoms with E-state index in [0.717, 1.165) is 6.07 Å². The average molecular weight is 269 g/mol. The SMILES string of the molecule is CCC(=O)c1ccc(SC(F)(F)F)cc1Cl. The molecule has 1 rings (SSSR count). The van der Waals surface area contributed by atoms with Gasteiger partial charge in [0.05, 0.1) is 5.02 Å². The second kappa shape index (κ2) is 5.10. The van der Waals surface area contributed by atoms with Crippen molar-refractivity contribution in [2.45, 2.75) is 23.7 Å². The summed E-state index contributed by atoms with van der Waals surface area (Å²) in [4.78, 5) is 11.3. The Morgan fingerprint density at radius 2 is 2.06 bits per heavy atom. The molecule has 88 valence electrons. The number of carbonyl (C=O) groups is 1. The first kappa shape index (κ1) is 13.4. The van der Waals surface area contributed by atoms with E-state index in [1.54, 1.807) is 6.92 Å². The van der Waals surface area contributed by atoms with Crippen LogP contribution in [0.5, 0.6) is 0 Å². The van der Waals surface area contributed by atoms with Gasteiger partial charge in [0, 0.05) is 16.9 Å². The molecule has 0 bridgehead atoms. The van der Waals surface area contributed by atoms with Crippen LogP contribution in [0.1, 0.15) is 23.7 Å². The van der Waals surface area contributed by atoms with E-state index >= 15 is 0 Å². The van der Waals surface area contributed by atoms with Crippen LogP contribution in [0, 0.1) is 0 Å². The molecule has 0 amide bonds. The van der Waals surface area contributed by atoms with Gasteiger partial charge in [-0.1, -0.05) is 18.5 Å². The maximum absolute atomic E-state index is 12.1. The van der Waals surface area contributed by atoms with Crippen molar-refractivity contribution in [2.75, 3.05) is 0 Å². The minimum absolute atomic E-state index is 0.0230. The molecule has 0 saturated heterocycles. The highest BCUT2D eigenvalue weighted by molar-refractivity contribution is 8.00.